The maximum Gasteiger partial charge on any atom is 0.238 e. The maximum absolute atomic E-state index is 12.5. The predicted octanol–water partition coefficient (Wildman–Crippen LogP) is 2.65. The summed E-state index contributed by atoms with van der Waals surface area (Å²) in [6.07, 6.45) is 2.06. The largest absolute Gasteiger partial charge is 0.355 e. The van der Waals surface area contributed by atoms with E-state index in [4.69, 9.17) is 11.6 Å². The second-order valence-electron chi connectivity index (χ2n) is 5.69. The van der Waals surface area contributed by atoms with Gasteiger partial charge in [-0.2, -0.15) is 0 Å². The lowest BCUT2D eigenvalue weighted by Gasteiger charge is -2.24. The van der Waals surface area contributed by atoms with E-state index in [0.717, 1.165) is 12.0 Å². The lowest BCUT2D eigenvalue weighted by Crippen LogP contribution is -2.45. The summed E-state index contributed by atoms with van der Waals surface area (Å²) < 4.78 is 0. The third-order valence-electron chi connectivity index (χ3n) is 4.26. The fourth-order valence-corrected chi connectivity index (χ4v) is 2.74. The molecule has 1 aliphatic rings. The van der Waals surface area contributed by atoms with E-state index in [9.17, 15) is 9.59 Å². The van der Waals surface area contributed by atoms with E-state index >= 15 is 0 Å². The number of carbonyl (C=O) groups is 2. The number of hydrogen-bond donors (Lipinski definition) is 1. The molecule has 0 aliphatic heterocycles. The highest BCUT2D eigenvalue weighted by atomic mass is 35.5. The van der Waals surface area contributed by atoms with E-state index in [1.54, 1.807) is 4.90 Å². The molecule has 0 bridgehead atoms. The van der Waals surface area contributed by atoms with Crippen molar-refractivity contribution >= 4 is 23.4 Å². The fraction of sp³-hybridized carbons (Fsp3) is 0.529. The van der Waals surface area contributed by atoms with Crippen molar-refractivity contribution in [2.24, 2.45) is 5.41 Å². The number of rotatable bonds is 7. The first-order valence-corrected chi connectivity index (χ1v) is 8.23. The van der Waals surface area contributed by atoms with Gasteiger partial charge in [0.25, 0.3) is 0 Å². The molecule has 0 heterocycles. The standard InChI is InChI=1S/C17H23ClN2O2/c1-3-20(4-2)16(22)17(10-11-17)15(21)19-12-9-13-5-7-14(18)8-6-13/h5-8H,3-4,9-12H2,1-2H3,(H,19,21). The fourth-order valence-electron chi connectivity index (χ4n) is 2.62. The second kappa shape index (κ2) is 7.14. The highest BCUT2D eigenvalue weighted by Gasteiger charge is 2.57. The summed E-state index contributed by atoms with van der Waals surface area (Å²) >= 11 is 5.84. The molecule has 5 heteroatoms. The zero-order valence-electron chi connectivity index (χ0n) is 13.2. The van der Waals surface area contributed by atoms with Crippen LogP contribution in [0.3, 0.4) is 0 Å². The van der Waals surface area contributed by atoms with Crippen molar-refractivity contribution in [2.75, 3.05) is 19.6 Å². The average molecular weight is 323 g/mol. The summed E-state index contributed by atoms with van der Waals surface area (Å²) in [4.78, 5) is 26.6. The summed E-state index contributed by atoms with van der Waals surface area (Å²) in [6.45, 7) is 5.71. The third kappa shape index (κ3) is 3.61. The zero-order valence-corrected chi connectivity index (χ0v) is 13.9. The number of carbonyl (C=O) groups excluding carboxylic acids is 2. The van der Waals surface area contributed by atoms with Crippen molar-refractivity contribution in [1.82, 2.24) is 10.2 Å². The summed E-state index contributed by atoms with van der Waals surface area (Å²) in [5.74, 6) is -0.153. The first-order chi connectivity index (χ1) is 10.5. The van der Waals surface area contributed by atoms with Gasteiger partial charge < -0.3 is 10.2 Å². The van der Waals surface area contributed by atoms with E-state index in [0.29, 0.717) is 37.5 Å². The molecule has 1 saturated carbocycles. The number of amides is 2. The van der Waals surface area contributed by atoms with Gasteiger partial charge in [-0.15, -0.1) is 0 Å². The Bertz CT molecular complexity index is 534. The topological polar surface area (TPSA) is 49.4 Å². The number of nitrogens with zero attached hydrogens (tertiary/aromatic N) is 1. The molecule has 4 nitrogen and oxygen atoms in total. The summed E-state index contributed by atoms with van der Waals surface area (Å²) in [5.41, 5.74) is 0.316. The molecule has 22 heavy (non-hydrogen) atoms. The minimum Gasteiger partial charge on any atom is -0.355 e. The lowest BCUT2D eigenvalue weighted by atomic mass is 10.0. The first kappa shape index (κ1) is 16.8. The SMILES string of the molecule is CCN(CC)C(=O)C1(C(=O)NCCc2ccc(Cl)cc2)CC1. The molecular weight excluding hydrogens is 300 g/mol. The Morgan fingerprint density at radius 3 is 2.27 bits per heavy atom. The van der Waals surface area contributed by atoms with Crippen molar-refractivity contribution in [3.05, 3.63) is 34.9 Å². The highest BCUT2D eigenvalue weighted by molar-refractivity contribution is 6.30. The molecule has 1 aliphatic carbocycles. The molecule has 0 aromatic heterocycles. The molecule has 1 aromatic rings. The van der Waals surface area contributed by atoms with Crippen LogP contribution >= 0.6 is 11.6 Å². The van der Waals surface area contributed by atoms with Gasteiger partial charge in [0.15, 0.2) is 0 Å². The van der Waals surface area contributed by atoms with Crippen LogP contribution < -0.4 is 5.32 Å². The van der Waals surface area contributed by atoms with Gasteiger partial charge in [0.2, 0.25) is 11.8 Å². The van der Waals surface area contributed by atoms with E-state index < -0.39 is 5.41 Å². The van der Waals surface area contributed by atoms with Gasteiger partial charge in [0, 0.05) is 24.7 Å². The van der Waals surface area contributed by atoms with E-state index in [1.165, 1.54) is 0 Å². The monoisotopic (exact) mass is 322 g/mol. The van der Waals surface area contributed by atoms with Crippen LogP contribution in [-0.2, 0) is 16.0 Å². The van der Waals surface area contributed by atoms with Gasteiger partial charge in [-0.1, -0.05) is 23.7 Å². The smallest absolute Gasteiger partial charge is 0.238 e. The normalized spacial score (nSPS) is 15.2. The van der Waals surface area contributed by atoms with Crippen LogP contribution in [0, 0.1) is 5.41 Å². The van der Waals surface area contributed by atoms with Gasteiger partial charge in [0.1, 0.15) is 5.41 Å². The zero-order chi connectivity index (χ0) is 16.2. The van der Waals surface area contributed by atoms with E-state index in [2.05, 4.69) is 5.32 Å². The summed E-state index contributed by atoms with van der Waals surface area (Å²) in [5, 5.41) is 3.62. The van der Waals surface area contributed by atoms with Crippen LogP contribution in [0.2, 0.25) is 5.02 Å². The number of halogens is 1. The molecule has 0 unspecified atom stereocenters. The molecule has 0 saturated heterocycles. The van der Waals surface area contributed by atoms with Crippen molar-refractivity contribution in [3.63, 3.8) is 0 Å². The minimum atomic E-state index is -0.800. The molecule has 0 spiro atoms. The maximum atomic E-state index is 12.5. The van der Waals surface area contributed by atoms with Gasteiger partial charge in [-0.25, -0.2) is 0 Å². The Balaban J connectivity index is 1.86. The Labute approximate surface area is 136 Å². The average Bonchev–Trinajstić information content (AvgIpc) is 3.32. The summed E-state index contributed by atoms with van der Waals surface area (Å²) in [7, 11) is 0. The molecule has 1 fully saturated rings. The van der Waals surface area contributed by atoms with Gasteiger partial charge in [-0.05, 0) is 50.8 Å². The van der Waals surface area contributed by atoms with Crippen LogP contribution in [-0.4, -0.2) is 36.3 Å². The van der Waals surface area contributed by atoms with Gasteiger partial charge in [0.05, 0.1) is 0 Å². The van der Waals surface area contributed by atoms with Crippen LogP contribution in [0.15, 0.2) is 24.3 Å². The van der Waals surface area contributed by atoms with Crippen LogP contribution in [0.25, 0.3) is 0 Å². The molecular formula is C17H23ClN2O2. The Morgan fingerprint density at radius 2 is 1.77 bits per heavy atom. The molecule has 120 valence electrons. The molecule has 1 aromatic carbocycles. The van der Waals surface area contributed by atoms with Crippen LogP contribution in [0.5, 0.6) is 0 Å². The quantitative estimate of drug-likeness (QED) is 0.785. The van der Waals surface area contributed by atoms with Crippen LogP contribution in [0.4, 0.5) is 0 Å². The van der Waals surface area contributed by atoms with Gasteiger partial charge >= 0.3 is 0 Å². The van der Waals surface area contributed by atoms with Crippen molar-refractivity contribution < 1.29 is 9.59 Å². The summed E-state index contributed by atoms with van der Waals surface area (Å²) in [6, 6.07) is 7.57. The number of hydrogen-bond acceptors (Lipinski definition) is 2. The van der Waals surface area contributed by atoms with Crippen LogP contribution in [0.1, 0.15) is 32.3 Å². The molecule has 1 N–H and O–H groups in total. The van der Waals surface area contributed by atoms with Crippen molar-refractivity contribution in [3.8, 4) is 0 Å². The number of benzene rings is 1. The van der Waals surface area contributed by atoms with E-state index in [1.807, 2.05) is 38.1 Å². The Kier molecular flexibility index (Phi) is 5.46. The molecule has 2 amide bonds. The molecule has 0 atom stereocenters. The molecule has 2 rings (SSSR count). The van der Waals surface area contributed by atoms with Crippen molar-refractivity contribution in [1.29, 1.82) is 0 Å². The van der Waals surface area contributed by atoms with Gasteiger partial charge in [-0.3, -0.25) is 9.59 Å². The minimum absolute atomic E-state index is 0.0264. The highest BCUT2D eigenvalue weighted by Crippen LogP contribution is 2.47. The second-order valence-corrected chi connectivity index (χ2v) is 6.13. The third-order valence-corrected chi connectivity index (χ3v) is 4.51. The lowest BCUT2D eigenvalue weighted by molar-refractivity contribution is -0.143. The van der Waals surface area contributed by atoms with Crippen molar-refractivity contribution in [2.45, 2.75) is 33.1 Å². The Hall–Kier alpha value is -1.55. The predicted molar refractivity (Wildman–Crippen MR) is 87.8 cm³/mol. The number of nitrogens with one attached hydrogen (secondary N) is 1. The van der Waals surface area contributed by atoms with E-state index in [-0.39, 0.29) is 11.8 Å². The first-order valence-electron chi connectivity index (χ1n) is 7.85. The molecule has 0 radical (unpaired) electrons. The Morgan fingerprint density at radius 1 is 1.18 bits per heavy atom.